The molecule has 2 aromatic rings. The number of carbonyl (C=O) groups is 1. The lowest BCUT2D eigenvalue weighted by Crippen LogP contribution is -2.29. The summed E-state index contributed by atoms with van der Waals surface area (Å²) in [7, 11) is 0. The first-order valence-corrected chi connectivity index (χ1v) is 8.43. The van der Waals surface area contributed by atoms with E-state index in [2.05, 4.69) is 26.2 Å². The standard InChI is InChI=1S/C16H19BrFN3O2/c1-16(2,23)8-13(22)19-15-20-14-11(18)6-9(17)7-12(14)21(15)10-4-3-5-10/h6-7,10,23H,3-5,8H2,1-2H3,(H,19,20,22). The molecule has 1 saturated carbocycles. The number of fused-ring (bicyclic) bond motifs is 1. The fourth-order valence-electron chi connectivity index (χ4n) is 2.79. The summed E-state index contributed by atoms with van der Waals surface area (Å²) < 4.78 is 16.7. The number of hydrogen-bond acceptors (Lipinski definition) is 3. The number of amides is 1. The van der Waals surface area contributed by atoms with Crippen LogP contribution in [0.5, 0.6) is 0 Å². The Hall–Kier alpha value is -1.47. The van der Waals surface area contributed by atoms with E-state index in [9.17, 15) is 14.3 Å². The van der Waals surface area contributed by atoms with Crippen LogP contribution < -0.4 is 5.32 Å². The second kappa shape index (κ2) is 5.87. The molecule has 0 unspecified atom stereocenters. The number of hydrogen-bond donors (Lipinski definition) is 2. The molecular weight excluding hydrogens is 365 g/mol. The van der Waals surface area contributed by atoms with Gasteiger partial charge in [0.15, 0.2) is 5.82 Å². The summed E-state index contributed by atoms with van der Waals surface area (Å²) in [6, 6.07) is 3.39. The van der Waals surface area contributed by atoms with Gasteiger partial charge in [0.1, 0.15) is 5.52 Å². The SMILES string of the molecule is CC(C)(O)CC(=O)Nc1nc2c(F)cc(Br)cc2n1C1CCC1. The monoisotopic (exact) mass is 383 g/mol. The van der Waals surface area contributed by atoms with Crippen molar-refractivity contribution in [3.05, 3.63) is 22.4 Å². The molecule has 1 amide bonds. The summed E-state index contributed by atoms with van der Waals surface area (Å²) in [6.45, 7) is 3.14. The maximum Gasteiger partial charge on any atom is 0.229 e. The lowest BCUT2D eigenvalue weighted by atomic mass is 9.93. The van der Waals surface area contributed by atoms with Gasteiger partial charge in [-0.15, -0.1) is 0 Å². The summed E-state index contributed by atoms with van der Waals surface area (Å²) >= 11 is 3.30. The van der Waals surface area contributed by atoms with E-state index in [1.54, 1.807) is 13.8 Å². The Labute approximate surface area is 142 Å². The molecule has 3 rings (SSSR count). The lowest BCUT2D eigenvalue weighted by molar-refractivity contribution is -0.119. The molecule has 23 heavy (non-hydrogen) atoms. The molecule has 7 heteroatoms. The van der Waals surface area contributed by atoms with Gasteiger partial charge in [-0.2, -0.15) is 0 Å². The molecule has 124 valence electrons. The van der Waals surface area contributed by atoms with Gasteiger partial charge >= 0.3 is 0 Å². The summed E-state index contributed by atoms with van der Waals surface area (Å²) in [5.41, 5.74) is -0.190. The summed E-state index contributed by atoms with van der Waals surface area (Å²) in [4.78, 5) is 16.4. The maximum absolute atomic E-state index is 14.2. The van der Waals surface area contributed by atoms with Crippen molar-refractivity contribution >= 4 is 38.8 Å². The molecule has 0 bridgehead atoms. The van der Waals surface area contributed by atoms with Crippen molar-refractivity contribution in [2.45, 2.75) is 51.2 Å². The first-order valence-electron chi connectivity index (χ1n) is 7.64. The first-order chi connectivity index (χ1) is 10.7. The highest BCUT2D eigenvalue weighted by Gasteiger charge is 2.27. The van der Waals surface area contributed by atoms with Gasteiger partial charge < -0.3 is 9.67 Å². The van der Waals surface area contributed by atoms with Crippen molar-refractivity contribution in [1.82, 2.24) is 9.55 Å². The minimum Gasteiger partial charge on any atom is -0.390 e. The lowest BCUT2D eigenvalue weighted by Gasteiger charge is -2.29. The summed E-state index contributed by atoms with van der Waals surface area (Å²) in [5, 5.41) is 12.5. The number of aromatic nitrogens is 2. The molecule has 0 saturated heterocycles. The van der Waals surface area contributed by atoms with Gasteiger partial charge in [-0.05, 0) is 45.2 Å². The maximum atomic E-state index is 14.2. The number of benzene rings is 1. The normalized spacial score (nSPS) is 15.7. The molecule has 5 nitrogen and oxygen atoms in total. The number of carbonyl (C=O) groups excluding carboxylic acids is 1. The number of imidazole rings is 1. The van der Waals surface area contributed by atoms with Crippen LogP contribution in [-0.2, 0) is 4.79 Å². The third-order valence-electron chi connectivity index (χ3n) is 4.00. The second-order valence-electron chi connectivity index (χ2n) is 6.68. The minimum absolute atomic E-state index is 0.0486. The Morgan fingerprint density at radius 3 is 2.78 bits per heavy atom. The predicted octanol–water partition coefficient (Wildman–Crippen LogP) is 3.76. The van der Waals surface area contributed by atoms with E-state index < -0.39 is 11.4 Å². The Morgan fingerprint density at radius 2 is 2.22 bits per heavy atom. The van der Waals surface area contributed by atoms with Gasteiger partial charge in [0.25, 0.3) is 0 Å². The van der Waals surface area contributed by atoms with Crippen molar-refractivity contribution in [3.63, 3.8) is 0 Å². The van der Waals surface area contributed by atoms with E-state index >= 15 is 0 Å². The third-order valence-corrected chi connectivity index (χ3v) is 4.46. The number of anilines is 1. The van der Waals surface area contributed by atoms with Gasteiger partial charge in [-0.25, -0.2) is 9.37 Å². The van der Waals surface area contributed by atoms with Crippen LogP contribution in [0.2, 0.25) is 0 Å². The number of rotatable bonds is 4. The molecule has 1 aliphatic rings. The highest BCUT2D eigenvalue weighted by molar-refractivity contribution is 9.10. The average Bonchev–Trinajstić information content (AvgIpc) is 2.64. The molecular formula is C16H19BrFN3O2. The molecule has 0 atom stereocenters. The van der Waals surface area contributed by atoms with E-state index in [1.807, 2.05) is 10.6 Å². The van der Waals surface area contributed by atoms with Crippen LogP contribution in [0.15, 0.2) is 16.6 Å². The van der Waals surface area contributed by atoms with Crippen molar-refractivity contribution in [2.24, 2.45) is 0 Å². The third kappa shape index (κ3) is 3.40. The van der Waals surface area contributed by atoms with E-state index in [1.165, 1.54) is 6.07 Å². The van der Waals surface area contributed by atoms with Gasteiger partial charge in [0, 0.05) is 10.5 Å². The van der Waals surface area contributed by atoms with Crippen LogP contribution >= 0.6 is 15.9 Å². The zero-order valence-corrected chi connectivity index (χ0v) is 14.7. The second-order valence-corrected chi connectivity index (χ2v) is 7.60. The first kappa shape index (κ1) is 16.4. The van der Waals surface area contributed by atoms with Crippen molar-refractivity contribution in [2.75, 3.05) is 5.32 Å². The molecule has 0 radical (unpaired) electrons. The molecule has 1 fully saturated rings. The zero-order valence-electron chi connectivity index (χ0n) is 13.1. The predicted molar refractivity (Wildman–Crippen MR) is 89.8 cm³/mol. The molecule has 0 aliphatic heterocycles. The Bertz CT molecular complexity index is 763. The number of nitrogens with one attached hydrogen (secondary N) is 1. The van der Waals surface area contributed by atoms with Crippen LogP contribution in [0.25, 0.3) is 11.0 Å². The fraction of sp³-hybridized carbons (Fsp3) is 0.500. The highest BCUT2D eigenvalue weighted by Crippen LogP contribution is 2.38. The number of aliphatic hydroxyl groups is 1. The van der Waals surface area contributed by atoms with Crippen LogP contribution in [0, 0.1) is 5.82 Å². The van der Waals surface area contributed by atoms with Crippen molar-refractivity contribution < 1.29 is 14.3 Å². The molecule has 1 aromatic carbocycles. The Kier molecular flexibility index (Phi) is 4.18. The fourth-order valence-corrected chi connectivity index (χ4v) is 3.20. The van der Waals surface area contributed by atoms with Gasteiger partial charge in [-0.1, -0.05) is 15.9 Å². The van der Waals surface area contributed by atoms with Crippen LogP contribution in [0.3, 0.4) is 0 Å². The van der Waals surface area contributed by atoms with Crippen molar-refractivity contribution in [1.29, 1.82) is 0 Å². The minimum atomic E-state index is -1.11. The van der Waals surface area contributed by atoms with Crippen LogP contribution in [0.4, 0.5) is 10.3 Å². The number of nitrogens with zero attached hydrogens (tertiary/aromatic N) is 2. The molecule has 1 aromatic heterocycles. The van der Waals surface area contributed by atoms with Gasteiger partial charge in [0.2, 0.25) is 11.9 Å². The molecule has 1 aliphatic carbocycles. The van der Waals surface area contributed by atoms with Gasteiger partial charge in [-0.3, -0.25) is 10.1 Å². The Balaban J connectivity index is 2.02. The van der Waals surface area contributed by atoms with E-state index in [-0.39, 0.29) is 23.9 Å². The van der Waals surface area contributed by atoms with Crippen molar-refractivity contribution in [3.8, 4) is 0 Å². The summed E-state index contributed by atoms with van der Waals surface area (Å²) in [5.74, 6) is -0.422. The van der Waals surface area contributed by atoms with Gasteiger partial charge in [0.05, 0.1) is 17.5 Å². The number of halogens is 2. The van der Waals surface area contributed by atoms with E-state index in [0.29, 0.717) is 15.9 Å². The highest BCUT2D eigenvalue weighted by atomic mass is 79.9. The van der Waals surface area contributed by atoms with E-state index in [0.717, 1.165) is 19.3 Å². The van der Waals surface area contributed by atoms with Crippen LogP contribution in [-0.4, -0.2) is 26.2 Å². The van der Waals surface area contributed by atoms with E-state index in [4.69, 9.17) is 0 Å². The smallest absolute Gasteiger partial charge is 0.229 e. The topological polar surface area (TPSA) is 67.2 Å². The van der Waals surface area contributed by atoms with Crippen LogP contribution in [0.1, 0.15) is 45.6 Å². The molecule has 0 spiro atoms. The largest absolute Gasteiger partial charge is 0.390 e. The Morgan fingerprint density at radius 1 is 1.52 bits per heavy atom. The quantitative estimate of drug-likeness (QED) is 0.844. The zero-order chi connectivity index (χ0) is 16.8. The molecule has 2 N–H and O–H groups in total. The average molecular weight is 384 g/mol. The molecule has 1 heterocycles. The summed E-state index contributed by atoms with van der Waals surface area (Å²) in [6.07, 6.45) is 3.02.